The highest BCUT2D eigenvalue weighted by Crippen LogP contribution is 2.28. The standard InChI is InChI=1S/C12H16BrFN2/c1-2-3-4-8-11(16-15)12-9(13)6-5-7-10(12)14/h2,5-7,11,16H,1,3-4,8,15H2. The van der Waals surface area contributed by atoms with E-state index in [0.717, 1.165) is 23.7 Å². The van der Waals surface area contributed by atoms with Gasteiger partial charge in [0, 0.05) is 16.1 Å². The van der Waals surface area contributed by atoms with Gasteiger partial charge >= 0.3 is 0 Å². The van der Waals surface area contributed by atoms with E-state index in [1.54, 1.807) is 6.07 Å². The number of hydrogen-bond donors (Lipinski definition) is 2. The van der Waals surface area contributed by atoms with Gasteiger partial charge in [-0.25, -0.2) is 4.39 Å². The van der Waals surface area contributed by atoms with Gasteiger partial charge in [0.25, 0.3) is 0 Å². The van der Waals surface area contributed by atoms with Gasteiger partial charge in [-0.1, -0.05) is 28.1 Å². The Balaban J connectivity index is 2.81. The van der Waals surface area contributed by atoms with Crippen LogP contribution in [0, 0.1) is 5.82 Å². The molecule has 1 aromatic rings. The Bertz CT molecular complexity index is 335. The topological polar surface area (TPSA) is 38.0 Å². The van der Waals surface area contributed by atoms with E-state index in [-0.39, 0.29) is 11.9 Å². The SMILES string of the molecule is C=CCCCC(NN)c1c(F)cccc1Br. The number of halogens is 2. The molecular weight excluding hydrogens is 271 g/mol. The summed E-state index contributed by atoms with van der Waals surface area (Å²) in [7, 11) is 0. The lowest BCUT2D eigenvalue weighted by molar-refractivity contribution is 0.472. The van der Waals surface area contributed by atoms with E-state index in [0.29, 0.717) is 5.56 Å². The van der Waals surface area contributed by atoms with Crippen molar-refractivity contribution in [2.75, 3.05) is 0 Å². The van der Waals surface area contributed by atoms with Gasteiger partial charge < -0.3 is 0 Å². The van der Waals surface area contributed by atoms with Crippen LogP contribution in [0.5, 0.6) is 0 Å². The zero-order valence-electron chi connectivity index (χ0n) is 9.05. The van der Waals surface area contributed by atoms with E-state index >= 15 is 0 Å². The molecule has 0 heterocycles. The predicted octanol–water partition coefficient (Wildman–Crippen LogP) is 3.45. The van der Waals surface area contributed by atoms with Crippen LogP contribution in [0.4, 0.5) is 4.39 Å². The smallest absolute Gasteiger partial charge is 0.129 e. The summed E-state index contributed by atoms with van der Waals surface area (Å²) in [5.74, 6) is 5.22. The second-order valence-electron chi connectivity index (χ2n) is 3.57. The van der Waals surface area contributed by atoms with Crippen LogP contribution in [0.2, 0.25) is 0 Å². The quantitative estimate of drug-likeness (QED) is 0.364. The predicted molar refractivity (Wildman–Crippen MR) is 68.2 cm³/mol. The van der Waals surface area contributed by atoms with E-state index in [1.807, 2.05) is 12.1 Å². The lowest BCUT2D eigenvalue weighted by Crippen LogP contribution is -2.29. The second kappa shape index (κ2) is 6.78. The maximum atomic E-state index is 13.7. The van der Waals surface area contributed by atoms with Crippen LogP contribution in [-0.2, 0) is 0 Å². The Morgan fingerprint density at radius 1 is 1.56 bits per heavy atom. The molecule has 1 unspecified atom stereocenters. The molecule has 16 heavy (non-hydrogen) atoms. The number of rotatable bonds is 6. The van der Waals surface area contributed by atoms with Gasteiger partial charge in [0.2, 0.25) is 0 Å². The molecule has 2 nitrogen and oxygen atoms in total. The molecule has 0 saturated carbocycles. The molecule has 0 saturated heterocycles. The Kier molecular flexibility index (Phi) is 5.66. The summed E-state index contributed by atoms with van der Waals surface area (Å²) >= 11 is 3.34. The highest BCUT2D eigenvalue weighted by atomic mass is 79.9. The molecule has 3 N–H and O–H groups in total. The summed E-state index contributed by atoms with van der Waals surface area (Å²) in [5, 5.41) is 0. The maximum absolute atomic E-state index is 13.7. The number of benzene rings is 1. The molecule has 0 aliphatic carbocycles. The summed E-state index contributed by atoms with van der Waals surface area (Å²) in [6, 6.07) is 4.75. The van der Waals surface area contributed by atoms with Crippen molar-refractivity contribution in [3.05, 3.63) is 46.7 Å². The number of nitrogens with one attached hydrogen (secondary N) is 1. The Labute approximate surface area is 104 Å². The monoisotopic (exact) mass is 286 g/mol. The van der Waals surface area contributed by atoms with Gasteiger partial charge in [-0.05, 0) is 31.4 Å². The molecule has 1 aromatic carbocycles. The van der Waals surface area contributed by atoms with E-state index < -0.39 is 0 Å². The molecule has 1 rings (SSSR count). The van der Waals surface area contributed by atoms with Crippen LogP contribution in [0.3, 0.4) is 0 Å². The summed E-state index contributed by atoms with van der Waals surface area (Å²) in [6.07, 6.45) is 4.47. The fourth-order valence-electron chi connectivity index (χ4n) is 1.62. The number of hydrazine groups is 1. The zero-order valence-corrected chi connectivity index (χ0v) is 10.6. The van der Waals surface area contributed by atoms with Crippen LogP contribution in [-0.4, -0.2) is 0 Å². The second-order valence-corrected chi connectivity index (χ2v) is 4.43. The highest BCUT2D eigenvalue weighted by Gasteiger charge is 2.16. The molecule has 0 spiro atoms. The fourth-order valence-corrected chi connectivity index (χ4v) is 2.24. The Morgan fingerprint density at radius 2 is 2.31 bits per heavy atom. The van der Waals surface area contributed by atoms with Gasteiger partial charge in [0.05, 0.1) is 0 Å². The van der Waals surface area contributed by atoms with Crippen molar-refractivity contribution in [2.45, 2.75) is 25.3 Å². The van der Waals surface area contributed by atoms with Crippen molar-refractivity contribution in [1.29, 1.82) is 0 Å². The molecule has 1 atom stereocenters. The number of allylic oxidation sites excluding steroid dienone is 1. The van der Waals surface area contributed by atoms with Crippen molar-refractivity contribution < 1.29 is 4.39 Å². The molecule has 0 aliphatic heterocycles. The average Bonchev–Trinajstić information content (AvgIpc) is 2.26. The summed E-state index contributed by atoms with van der Waals surface area (Å²) in [4.78, 5) is 0. The maximum Gasteiger partial charge on any atom is 0.129 e. The average molecular weight is 287 g/mol. The van der Waals surface area contributed by atoms with Gasteiger partial charge in [-0.3, -0.25) is 11.3 Å². The summed E-state index contributed by atoms with van der Waals surface area (Å²) < 4.78 is 14.4. The fraction of sp³-hybridized carbons (Fsp3) is 0.333. The number of hydrogen-bond acceptors (Lipinski definition) is 2. The third-order valence-corrected chi connectivity index (χ3v) is 3.14. The van der Waals surface area contributed by atoms with Crippen LogP contribution in [0.15, 0.2) is 35.3 Å². The van der Waals surface area contributed by atoms with Crippen LogP contribution >= 0.6 is 15.9 Å². The van der Waals surface area contributed by atoms with Gasteiger partial charge in [-0.2, -0.15) is 0 Å². The van der Waals surface area contributed by atoms with Crippen LogP contribution in [0.1, 0.15) is 30.9 Å². The molecule has 0 fully saturated rings. The van der Waals surface area contributed by atoms with E-state index in [1.165, 1.54) is 6.07 Å². The van der Waals surface area contributed by atoms with Crippen molar-refractivity contribution >= 4 is 15.9 Å². The third-order valence-electron chi connectivity index (χ3n) is 2.45. The minimum Gasteiger partial charge on any atom is -0.271 e. The summed E-state index contributed by atoms with van der Waals surface area (Å²) in [5.41, 5.74) is 3.25. The Morgan fingerprint density at radius 3 is 2.88 bits per heavy atom. The van der Waals surface area contributed by atoms with Gasteiger partial charge in [0.1, 0.15) is 5.82 Å². The third kappa shape index (κ3) is 3.40. The largest absolute Gasteiger partial charge is 0.271 e. The molecule has 0 aromatic heterocycles. The van der Waals surface area contributed by atoms with Gasteiger partial charge in [-0.15, -0.1) is 6.58 Å². The molecule has 88 valence electrons. The first-order valence-corrected chi connectivity index (χ1v) is 6.01. The minimum absolute atomic E-state index is 0.171. The van der Waals surface area contributed by atoms with Crippen LogP contribution < -0.4 is 11.3 Å². The molecule has 4 heteroatoms. The van der Waals surface area contributed by atoms with Crippen molar-refractivity contribution in [2.24, 2.45) is 5.84 Å². The zero-order chi connectivity index (χ0) is 12.0. The molecule has 0 aliphatic rings. The Hall–Kier alpha value is -0.710. The van der Waals surface area contributed by atoms with Crippen LogP contribution in [0.25, 0.3) is 0 Å². The number of nitrogens with two attached hydrogens (primary N) is 1. The van der Waals surface area contributed by atoms with Gasteiger partial charge in [0.15, 0.2) is 0 Å². The van der Waals surface area contributed by atoms with Crippen molar-refractivity contribution in [3.8, 4) is 0 Å². The van der Waals surface area contributed by atoms with Crippen molar-refractivity contribution in [3.63, 3.8) is 0 Å². The first kappa shape index (κ1) is 13.4. The molecule has 0 amide bonds. The molecular formula is C12H16BrFN2. The van der Waals surface area contributed by atoms with E-state index in [9.17, 15) is 4.39 Å². The lowest BCUT2D eigenvalue weighted by atomic mass is 10.0. The van der Waals surface area contributed by atoms with E-state index in [2.05, 4.69) is 27.9 Å². The first-order chi connectivity index (χ1) is 7.70. The normalized spacial score (nSPS) is 12.4. The highest BCUT2D eigenvalue weighted by molar-refractivity contribution is 9.10. The molecule has 0 bridgehead atoms. The number of unbranched alkanes of at least 4 members (excludes halogenated alkanes) is 1. The minimum atomic E-state index is -0.240. The lowest BCUT2D eigenvalue weighted by Gasteiger charge is -2.18. The first-order valence-electron chi connectivity index (χ1n) is 5.21. The summed E-state index contributed by atoms with van der Waals surface area (Å²) in [6.45, 7) is 3.66. The van der Waals surface area contributed by atoms with Crippen molar-refractivity contribution in [1.82, 2.24) is 5.43 Å². The van der Waals surface area contributed by atoms with E-state index in [4.69, 9.17) is 5.84 Å². The molecule has 0 radical (unpaired) electrons.